The number of carbonyl (C=O) groups excluding carboxylic acids is 1. The van der Waals surface area contributed by atoms with Crippen molar-refractivity contribution in [3.63, 3.8) is 0 Å². The molecule has 0 N–H and O–H groups in total. The minimum absolute atomic E-state index is 0.0879. The van der Waals surface area contributed by atoms with Gasteiger partial charge in [0.1, 0.15) is 5.78 Å². The number of thiol groups is 1. The smallest absolute Gasteiger partial charge is 0.263 e. The summed E-state index contributed by atoms with van der Waals surface area (Å²) < 4.78 is 24.7. The van der Waals surface area contributed by atoms with E-state index in [-0.39, 0.29) is 11.3 Å². The predicted octanol–water partition coefficient (Wildman–Crippen LogP) is 3.94. The molecule has 1 aromatic carbocycles. The van der Waals surface area contributed by atoms with Crippen LogP contribution in [0.1, 0.15) is 29.3 Å². The second kappa shape index (κ2) is 5.07. The van der Waals surface area contributed by atoms with Gasteiger partial charge >= 0.3 is 0 Å². The van der Waals surface area contributed by atoms with Gasteiger partial charge in [-0.3, -0.25) is 4.79 Å². The molecule has 1 unspecified atom stereocenters. The van der Waals surface area contributed by atoms with Crippen molar-refractivity contribution in [2.75, 3.05) is 0 Å². The fourth-order valence-corrected chi connectivity index (χ4v) is 2.06. The number of hydrogen-bond donors (Lipinski definition) is 1. The maximum atomic E-state index is 12.3. The van der Waals surface area contributed by atoms with Crippen LogP contribution in [0.25, 0.3) is 0 Å². The lowest BCUT2D eigenvalue weighted by molar-refractivity contribution is -0.116. The molecule has 1 rings (SSSR count). The Hall–Kier alpha value is -0.420. The molecule has 0 saturated heterocycles. The van der Waals surface area contributed by atoms with Crippen LogP contribution in [0.5, 0.6) is 0 Å². The van der Waals surface area contributed by atoms with Crippen molar-refractivity contribution in [2.24, 2.45) is 0 Å². The molecule has 1 nitrogen and oxygen atoms in total. The third-order valence-electron chi connectivity index (χ3n) is 1.94. The molecule has 0 aromatic heterocycles. The highest BCUT2D eigenvalue weighted by Gasteiger charge is 2.17. The van der Waals surface area contributed by atoms with Crippen LogP contribution in [0.15, 0.2) is 23.1 Å². The van der Waals surface area contributed by atoms with Gasteiger partial charge in [0.25, 0.3) is 6.43 Å². The molecule has 82 valence electrons. The lowest BCUT2D eigenvalue weighted by atomic mass is 10.1. The standard InChI is InChI=1S/C10H9BrF2OS/c1-5(14)9(11)7-3-2-6(10(12)13)4-8(7)15/h2-4,9-10,15H,1H3. The predicted molar refractivity (Wildman–Crippen MR) is 61.0 cm³/mol. The van der Waals surface area contributed by atoms with Crippen LogP contribution in [0.3, 0.4) is 0 Å². The van der Waals surface area contributed by atoms with E-state index in [4.69, 9.17) is 0 Å². The lowest BCUT2D eigenvalue weighted by Crippen LogP contribution is -2.02. The summed E-state index contributed by atoms with van der Waals surface area (Å²) in [5.74, 6) is -0.0879. The summed E-state index contributed by atoms with van der Waals surface area (Å²) >= 11 is 7.26. The van der Waals surface area contributed by atoms with Gasteiger partial charge in [0, 0.05) is 10.5 Å². The molecule has 0 spiro atoms. The number of ketones is 1. The monoisotopic (exact) mass is 294 g/mol. The van der Waals surface area contributed by atoms with Crippen LogP contribution in [0.4, 0.5) is 8.78 Å². The van der Waals surface area contributed by atoms with Gasteiger partial charge in [0.05, 0.1) is 4.83 Å². The average molecular weight is 295 g/mol. The van der Waals surface area contributed by atoms with Gasteiger partial charge in [0.15, 0.2) is 0 Å². The molecule has 0 aliphatic rings. The van der Waals surface area contributed by atoms with E-state index in [1.807, 2.05) is 0 Å². The van der Waals surface area contributed by atoms with E-state index in [2.05, 4.69) is 28.6 Å². The second-order valence-electron chi connectivity index (χ2n) is 3.09. The summed E-state index contributed by atoms with van der Waals surface area (Å²) in [7, 11) is 0. The molecule has 1 aromatic rings. The molecule has 15 heavy (non-hydrogen) atoms. The van der Waals surface area contributed by atoms with Gasteiger partial charge in [-0.2, -0.15) is 0 Å². The minimum atomic E-state index is -2.52. The van der Waals surface area contributed by atoms with Crippen LogP contribution >= 0.6 is 28.6 Å². The molecule has 0 heterocycles. The van der Waals surface area contributed by atoms with Crippen LogP contribution < -0.4 is 0 Å². The Kier molecular flexibility index (Phi) is 4.28. The zero-order chi connectivity index (χ0) is 11.6. The molecule has 1 atom stereocenters. The highest BCUT2D eigenvalue weighted by atomic mass is 79.9. The first-order chi connectivity index (χ1) is 6.93. The molecule has 0 fully saturated rings. The van der Waals surface area contributed by atoms with Crippen LogP contribution in [-0.2, 0) is 4.79 Å². The van der Waals surface area contributed by atoms with Gasteiger partial charge in [-0.1, -0.05) is 28.1 Å². The van der Waals surface area contributed by atoms with E-state index < -0.39 is 11.3 Å². The first-order valence-corrected chi connectivity index (χ1v) is 5.55. The molecule has 0 radical (unpaired) electrons. The maximum Gasteiger partial charge on any atom is 0.263 e. The number of alkyl halides is 3. The molecule has 5 heteroatoms. The molecule has 0 amide bonds. The summed E-state index contributed by atoms with van der Waals surface area (Å²) in [6.45, 7) is 1.42. The van der Waals surface area contributed by atoms with E-state index in [9.17, 15) is 13.6 Å². The Balaban J connectivity index is 3.08. The minimum Gasteiger partial charge on any atom is -0.298 e. The van der Waals surface area contributed by atoms with E-state index in [1.165, 1.54) is 25.1 Å². The fourth-order valence-electron chi connectivity index (χ4n) is 1.13. The van der Waals surface area contributed by atoms with Crippen molar-refractivity contribution >= 4 is 34.3 Å². The largest absolute Gasteiger partial charge is 0.298 e. The molecule has 0 aliphatic carbocycles. The van der Waals surface area contributed by atoms with Crippen LogP contribution in [-0.4, -0.2) is 5.78 Å². The zero-order valence-electron chi connectivity index (χ0n) is 7.88. The van der Waals surface area contributed by atoms with Crippen molar-refractivity contribution in [1.29, 1.82) is 0 Å². The van der Waals surface area contributed by atoms with Crippen molar-refractivity contribution in [1.82, 2.24) is 0 Å². The van der Waals surface area contributed by atoms with E-state index in [0.29, 0.717) is 10.5 Å². The van der Waals surface area contributed by atoms with Gasteiger partial charge in [-0.15, -0.1) is 12.6 Å². The Bertz CT molecular complexity index is 382. The topological polar surface area (TPSA) is 17.1 Å². The molecular weight excluding hydrogens is 286 g/mol. The van der Waals surface area contributed by atoms with Crippen molar-refractivity contribution in [2.45, 2.75) is 23.1 Å². The number of halogens is 3. The number of rotatable bonds is 3. The van der Waals surface area contributed by atoms with Crippen molar-refractivity contribution in [3.05, 3.63) is 29.3 Å². The lowest BCUT2D eigenvalue weighted by Gasteiger charge is -2.10. The van der Waals surface area contributed by atoms with E-state index in [1.54, 1.807) is 0 Å². The Morgan fingerprint density at radius 1 is 1.47 bits per heavy atom. The normalized spacial score (nSPS) is 12.9. The van der Waals surface area contributed by atoms with Crippen molar-refractivity contribution < 1.29 is 13.6 Å². The molecule has 0 bridgehead atoms. The summed E-state index contributed by atoms with van der Waals surface area (Å²) in [4.78, 5) is 11.0. The third kappa shape index (κ3) is 3.01. The highest BCUT2D eigenvalue weighted by Crippen LogP contribution is 2.31. The number of benzene rings is 1. The average Bonchev–Trinajstić information content (AvgIpc) is 2.16. The first kappa shape index (κ1) is 12.6. The highest BCUT2D eigenvalue weighted by molar-refractivity contribution is 9.09. The van der Waals surface area contributed by atoms with Gasteiger partial charge in [-0.25, -0.2) is 8.78 Å². The van der Waals surface area contributed by atoms with Gasteiger partial charge < -0.3 is 0 Å². The fraction of sp³-hybridized carbons (Fsp3) is 0.300. The SMILES string of the molecule is CC(=O)C(Br)c1ccc(C(F)F)cc1S. The number of Topliss-reactive ketones (excluding diaryl/α,β-unsaturated/α-hetero) is 1. The van der Waals surface area contributed by atoms with Crippen LogP contribution in [0.2, 0.25) is 0 Å². The number of carbonyl (C=O) groups is 1. The molecule has 0 aliphatic heterocycles. The van der Waals surface area contributed by atoms with E-state index in [0.717, 1.165) is 0 Å². The van der Waals surface area contributed by atoms with Crippen molar-refractivity contribution in [3.8, 4) is 0 Å². The first-order valence-electron chi connectivity index (χ1n) is 4.19. The summed E-state index contributed by atoms with van der Waals surface area (Å²) in [6, 6.07) is 4.07. The third-order valence-corrected chi connectivity index (χ3v) is 3.46. The zero-order valence-corrected chi connectivity index (χ0v) is 10.4. The second-order valence-corrected chi connectivity index (χ2v) is 4.49. The number of hydrogen-bond acceptors (Lipinski definition) is 2. The Labute approximate surface area is 100 Å². The molecule has 0 saturated carbocycles. The van der Waals surface area contributed by atoms with Crippen LogP contribution in [0, 0.1) is 0 Å². The van der Waals surface area contributed by atoms with E-state index >= 15 is 0 Å². The Morgan fingerprint density at radius 2 is 2.07 bits per heavy atom. The quantitative estimate of drug-likeness (QED) is 0.660. The summed E-state index contributed by atoms with van der Waals surface area (Å²) in [5.41, 5.74) is 0.516. The summed E-state index contributed by atoms with van der Waals surface area (Å²) in [5, 5.41) is 0. The van der Waals surface area contributed by atoms with Gasteiger partial charge in [0.2, 0.25) is 0 Å². The Morgan fingerprint density at radius 3 is 2.47 bits per heavy atom. The molecular formula is C10H9BrF2OS. The van der Waals surface area contributed by atoms with Gasteiger partial charge in [-0.05, 0) is 18.6 Å². The maximum absolute atomic E-state index is 12.3. The summed E-state index contributed by atoms with van der Waals surface area (Å²) in [6.07, 6.45) is -2.52.